The van der Waals surface area contributed by atoms with Crippen LogP contribution in [0.5, 0.6) is 0 Å². The van der Waals surface area contributed by atoms with E-state index in [0.717, 1.165) is 23.0 Å². The van der Waals surface area contributed by atoms with Crippen LogP contribution in [0.2, 0.25) is 0 Å². The molecule has 1 N–H and O–H groups in total. The van der Waals surface area contributed by atoms with Crippen LogP contribution in [0.1, 0.15) is 37.7 Å². The second-order valence-corrected chi connectivity index (χ2v) is 6.94. The number of amides is 1. The van der Waals surface area contributed by atoms with Crippen molar-refractivity contribution in [3.8, 4) is 0 Å². The topological polar surface area (TPSA) is 73.1 Å². The van der Waals surface area contributed by atoms with Crippen molar-refractivity contribution in [1.29, 1.82) is 0 Å². The molecule has 1 fully saturated rings. The average molecular weight is 355 g/mol. The lowest BCUT2D eigenvalue weighted by Crippen LogP contribution is -2.43. The predicted octanol–water partition coefficient (Wildman–Crippen LogP) is 1.75. The van der Waals surface area contributed by atoms with Gasteiger partial charge < -0.3 is 5.32 Å². The van der Waals surface area contributed by atoms with Crippen LogP contribution < -0.4 is 16.6 Å². The van der Waals surface area contributed by atoms with Gasteiger partial charge in [0.05, 0.1) is 6.54 Å². The van der Waals surface area contributed by atoms with Gasteiger partial charge in [0.25, 0.3) is 5.56 Å². The fourth-order valence-electron chi connectivity index (χ4n) is 3.45. The molecule has 1 saturated carbocycles. The molecule has 1 aliphatic rings. The van der Waals surface area contributed by atoms with E-state index in [2.05, 4.69) is 5.32 Å². The van der Waals surface area contributed by atoms with Crippen molar-refractivity contribution in [2.24, 2.45) is 5.92 Å². The molecule has 1 aliphatic carbocycles. The number of carbonyl (C=O) groups is 1. The Hall–Kier alpha value is -2.63. The van der Waals surface area contributed by atoms with Crippen molar-refractivity contribution in [3.63, 3.8) is 0 Å². The monoisotopic (exact) mass is 355 g/mol. The van der Waals surface area contributed by atoms with Crippen LogP contribution in [0.3, 0.4) is 0 Å². The van der Waals surface area contributed by atoms with Crippen LogP contribution >= 0.6 is 0 Å². The van der Waals surface area contributed by atoms with E-state index in [1.165, 1.54) is 36.1 Å². The zero-order valence-electron chi connectivity index (χ0n) is 14.9. The zero-order valence-corrected chi connectivity index (χ0v) is 14.9. The number of hydrogen-bond donors (Lipinski definition) is 1. The number of nitrogens with zero attached hydrogens (tertiary/aromatic N) is 2. The molecule has 0 saturated heterocycles. The molecule has 0 atom stereocenters. The number of benzene rings is 1. The summed E-state index contributed by atoms with van der Waals surface area (Å²) in [6.07, 6.45) is 7.44. The fourth-order valence-corrected chi connectivity index (χ4v) is 3.45. The SMILES string of the molecule is O=C(Cn1c(=O)ccn(Cc2ccccc2)c1=O)NCC1CCCCC1. The Morgan fingerprint density at radius 2 is 1.77 bits per heavy atom. The van der Waals surface area contributed by atoms with E-state index in [-0.39, 0.29) is 12.5 Å². The Kier molecular flexibility index (Phi) is 6.04. The Morgan fingerprint density at radius 1 is 1.04 bits per heavy atom. The maximum atomic E-state index is 12.6. The van der Waals surface area contributed by atoms with E-state index in [9.17, 15) is 14.4 Å². The van der Waals surface area contributed by atoms with Gasteiger partial charge in [0.1, 0.15) is 6.54 Å². The molecular formula is C20H25N3O3. The van der Waals surface area contributed by atoms with Crippen molar-refractivity contribution in [1.82, 2.24) is 14.5 Å². The zero-order chi connectivity index (χ0) is 18.4. The van der Waals surface area contributed by atoms with Crippen molar-refractivity contribution in [2.45, 2.75) is 45.2 Å². The van der Waals surface area contributed by atoms with Gasteiger partial charge in [0.2, 0.25) is 5.91 Å². The molecule has 0 unspecified atom stereocenters. The van der Waals surface area contributed by atoms with Crippen molar-refractivity contribution >= 4 is 5.91 Å². The standard InChI is InChI=1S/C20H25N3O3/c24-18(21-13-16-7-3-1-4-8-16)15-23-19(25)11-12-22(20(23)26)14-17-9-5-2-6-10-17/h2,5-6,9-12,16H,1,3-4,7-8,13-15H2,(H,21,24). The molecular weight excluding hydrogens is 330 g/mol. The highest BCUT2D eigenvalue weighted by molar-refractivity contribution is 5.75. The van der Waals surface area contributed by atoms with Gasteiger partial charge >= 0.3 is 5.69 Å². The number of rotatable bonds is 6. The number of nitrogens with one attached hydrogen (secondary N) is 1. The number of aromatic nitrogens is 2. The minimum absolute atomic E-state index is 0.236. The van der Waals surface area contributed by atoms with Gasteiger partial charge in [-0.2, -0.15) is 0 Å². The summed E-state index contributed by atoms with van der Waals surface area (Å²) in [5.41, 5.74) is 0.0443. The third-order valence-electron chi connectivity index (χ3n) is 4.95. The van der Waals surface area contributed by atoms with Crippen LogP contribution in [-0.4, -0.2) is 21.6 Å². The van der Waals surface area contributed by atoms with Crippen LogP contribution in [0.25, 0.3) is 0 Å². The van der Waals surface area contributed by atoms with Gasteiger partial charge in [-0.05, 0) is 24.3 Å². The molecule has 6 heteroatoms. The van der Waals surface area contributed by atoms with E-state index < -0.39 is 11.2 Å². The molecule has 3 rings (SSSR count). The van der Waals surface area contributed by atoms with Crippen LogP contribution in [0, 0.1) is 5.92 Å². The minimum atomic E-state index is -0.464. The summed E-state index contributed by atoms with van der Waals surface area (Å²) in [6, 6.07) is 10.9. The van der Waals surface area contributed by atoms with Crippen LogP contribution in [0.4, 0.5) is 0 Å². The summed E-state index contributed by atoms with van der Waals surface area (Å²) in [4.78, 5) is 36.8. The van der Waals surface area contributed by atoms with Gasteiger partial charge in [-0.3, -0.25) is 18.7 Å². The highest BCUT2D eigenvalue weighted by atomic mass is 16.2. The first-order chi connectivity index (χ1) is 12.6. The summed E-state index contributed by atoms with van der Waals surface area (Å²) in [5, 5.41) is 2.88. The molecule has 138 valence electrons. The first-order valence-corrected chi connectivity index (χ1v) is 9.24. The Labute approximate surface area is 152 Å². The number of hydrogen-bond acceptors (Lipinski definition) is 3. The van der Waals surface area contributed by atoms with Gasteiger partial charge in [0.15, 0.2) is 0 Å². The van der Waals surface area contributed by atoms with E-state index in [1.54, 1.807) is 0 Å². The Bertz CT molecular complexity index is 849. The van der Waals surface area contributed by atoms with E-state index in [0.29, 0.717) is 19.0 Å². The summed E-state index contributed by atoms with van der Waals surface area (Å²) in [5.74, 6) is 0.224. The van der Waals surface area contributed by atoms with Gasteiger partial charge in [-0.15, -0.1) is 0 Å². The molecule has 1 heterocycles. The molecule has 2 aromatic rings. The quantitative estimate of drug-likeness (QED) is 0.858. The molecule has 1 aromatic carbocycles. The van der Waals surface area contributed by atoms with Crippen molar-refractivity contribution in [3.05, 3.63) is 69.0 Å². The number of carbonyl (C=O) groups excluding carboxylic acids is 1. The van der Waals surface area contributed by atoms with Crippen molar-refractivity contribution < 1.29 is 4.79 Å². The lowest BCUT2D eigenvalue weighted by atomic mass is 9.89. The molecule has 0 aliphatic heterocycles. The van der Waals surface area contributed by atoms with Crippen LogP contribution in [0.15, 0.2) is 52.2 Å². The Morgan fingerprint density at radius 3 is 2.50 bits per heavy atom. The van der Waals surface area contributed by atoms with Gasteiger partial charge in [0, 0.05) is 18.8 Å². The minimum Gasteiger partial charge on any atom is -0.354 e. The average Bonchev–Trinajstić information content (AvgIpc) is 2.67. The summed E-state index contributed by atoms with van der Waals surface area (Å²) in [7, 11) is 0. The molecule has 6 nitrogen and oxygen atoms in total. The molecule has 0 spiro atoms. The molecule has 26 heavy (non-hydrogen) atoms. The van der Waals surface area contributed by atoms with E-state index in [1.807, 2.05) is 30.3 Å². The van der Waals surface area contributed by atoms with Gasteiger partial charge in [-0.1, -0.05) is 49.6 Å². The second-order valence-electron chi connectivity index (χ2n) is 6.94. The van der Waals surface area contributed by atoms with E-state index >= 15 is 0 Å². The third-order valence-corrected chi connectivity index (χ3v) is 4.95. The summed E-state index contributed by atoms with van der Waals surface area (Å²) >= 11 is 0. The maximum Gasteiger partial charge on any atom is 0.331 e. The highest BCUT2D eigenvalue weighted by Gasteiger charge is 2.15. The first-order valence-electron chi connectivity index (χ1n) is 9.24. The third kappa shape index (κ3) is 4.71. The lowest BCUT2D eigenvalue weighted by Gasteiger charge is -2.21. The smallest absolute Gasteiger partial charge is 0.331 e. The molecule has 1 amide bonds. The second kappa shape index (κ2) is 8.65. The first kappa shape index (κ1) is 18.2. The van der Waals surface area contributed by atoms with E-state index in [4.69, 9.17) is 0 Å². The van der Waals surface area contributed by atoms with Crippen LogP contribution in [-0.2, 0) is 17.9 Å². The largest absolute Gasteiger partial charge is 0.354 e. The maximum absolute atomic E-state index is 12.6. The highest BCUT2D eigenvalue weighted by Crippen LogP contribution is 2.22. The Balaban J connectivity index is 1.66. The predicted molar refractivity (Wildman–Crippen MR) is 100 cm³/mol. The fraction of sp³-hybridized carbons (Fsp3) is 0.450. The van der Waals surface area contributed by atoms with Gasteiger partial charge in [-0.25, -0.2) is 4.79 Å². The molecule has 1 aromatic heterocycles. The summed E-state index contributed by atoms with van der Waals surface area (Å²) in [6.45, 7) is 0.752. The lowest BCUT2D eigenvalue weighted by molar-refractivity contribution is -0.122. The van der Waals surface area contributed by atoms with Crippen molar-refractivity contribution in [2.75, 3.05) is 6.54 Å². The summed E-state index contributed by atoms with van der Waals surface area (Å²) < 4.78 is 2.45. The molecule has 0 bridgehead atoms. The normalized spacial score (nSPS) is 14.9. The molecule has 0 radical (unpaired) electrons.